The van der Waals surface area contributed by atoms with Crippen LogP contribution >= 0.6 is 0 Å². The Morgan fingerprint density at radius 2 is 1.93 bits per heavy atom. The van der Waals surface area contributed by atoms with Crippen molar-refractivity contribution in [3.05, 3.63) is 47.3 Å². The summed E-state index contributed by atoms with van der Waals surface area (Å²) in [7, 11) is 4.26. The van der Waals surface area contributed by atoms with Gasteiger partial charge in [0.2, 0.25) is 0 Å². The fourth-order valence-corrected chi connectivity index (χ4v) is 4.02. The molecule has 0 N–H and O–H groups in total. The molecule has 6 nitrogen and oxygen atoms in total. The van der Waals surface area contributed by atoms with Crippen LogP contribution < -0.4 is 4.90 Å². The van der Waals surface area contributed by atoms with Gasteiger partial charge in [-0.1, -0.05) is 30.3 Å². The standard InChI is InChI=1S/C21H24N6/c1-14-18(12-22)20-23-15(2)24-27(20)21(19(14)16-8-6-5-7-9-16)26-11-10-17(13-26)25(3)4/h5-9,17H,10-11,13H2,1-4H3/t17-/m0/s1. The molecule has 4 rings (SSSR count). The lowest BCUT2D eigenvalue weighted by Crippen LogP contribution is -2.32. The summed E-state index contributed by atoms with van der Waals surface area (Å²) in [4.78, 5) is 9.23. The monoisotopic (exact) mass is 360 g/mol. The molecular weight excluding hydrogens is 336 g/mol. The lowest BCUT2D eigenvalue weighted by atomic mass is 9.97. The van der Waals surface area contributed by atoms with Crippen LogP contribution in [0.2, 0.25) is 0 Å². The summed E-state index contributed by atoms with van der Waals surface area (Å²) in [6.07, 6.45) is 1.11. The number of aromatic nitrogens is 3. The van der Waals surface area contributed by atoms with Gasteiger partial charge in [0.25, 0.3) is 0 Å². The van der Waals surface area contributed by atoms with Gasteiger partial charge < -0.3 is 9.80 Å². The van der Waals surface area contributed by atoms with Gasteiger partial charge in [-0.05, 0) is 45.5 Å². The van der Waals surface area contributed by atoms with Gasteiger partial charge in [0.1, 0.15) is 23.3 Å². The number of anilines is 1. The second kappa shape index (κ2) is 6.67. The third kappa shape index (κ3) is 2.84. The Morgan fingerprint density at radius 3 is 2.56 bits per heavy atom. The molecule has 0 amide bonds. The Kier molecular flexibility index (Phi) is 4.33. The lowest BCUT2D eigenvalue weighted by molar-refractivity contribution is 0.315. The summed E-state index contributed by atoms with van der Waals surface area (Å²) < 4.78 is 1.88. The van der Waals surface area contributed by atoms with Crippen LogP contribution in [0.1, 0.15) is 23.4 Å². The highest BCUT2D eigenvalue weighted by molar-refractivity contribution is 5.85. The van der Waals surface area contributed by atoms with Crippen LogP contribution in [-0.2, 0) is 0 Å². The average Bonchev–Trinajstić information content (AvgIpc) is 3.28. The maximum atomic E-state index is 9.82. The van der Waals surface area contributed by atoms with Crippen molar-refractivity contribution >= 4 is 11.5 Å². The summed E-state index contributed by atoms with van der Waals surface area (Å²) in [6, 6.07) is 13.1. The molecule has 3 heterocycles. The molecule has 1 aliphatic rings. The summed E-state index contributed by atoms with van der Waals surface area (Å²) in [5.74, 6) is 1.72. The van der Waals surface area contributed by atoms with Crippen LogP contribution in [0.4, 0.5) is 5.82 Å². The first-order valence-electron chi connectivity index (χ1n) is 9.28. The summed E-state index contributed by atoms with van der Waals surface area (Å²) in [6.45, 7) is 5.80. The van der Waals surface area contributed by atoms with Crippen molar-refractivity contribution in [2.75, 3.05) is 32.1 Å². The Morgan fingerprint density at radius 1 is 1.19 bits per heavy atom. The predicted octanol–water partition coefficient (Wildman–Crippen LogP) is 3.03. The second-order valence-electron chi connectivity index (χ2n) is 7.42. The van der Waals surface area contributed by atoms with Crippen molar-refractivity contribution in [3.8, 4) is 17.2 Å². The van der Waals surface area contributed by atoms with Crippen LogP contribution in [0.3, 0.4) is 0 Å². The van der Waals surface area contributed by atoms with Crippen LogP contribution in [0.5, 0.6) is 0 Å². The SMILES string of the molecule is Cc1nc2c(C#N)c(C)c(-c3ccccc3)c(N3CC[C@H](N(C)C)C3)n2n1. The number of likely N-dealkylation sites (N-methyl/N-ethyl adjacent to an activating group) is 1. The normalized spacial score (nSPS) is 17.0. The molecule has 6 heteroatoms. The van der Waals surface area contributed by atoms with E-state index < -0.39 is 0 Å². The zero-order valence-corrected chi connectivity index (χ0v) is 16.3. The molecule has 1 aliphatic heterocycles. The van der Waals surface area contributed by atoms with E-state index in [2.05, 4.69) is 52.2 Å². The molecule has 1 atom stereocenters. The zero-order chi connectivity index (χ0) is 19.1. The average molecular weight is 360 g/mol. The number of hydrogen-bond donors (Lipinski definition) is 0. The van der Waals surface area contributed by atoms with Crippen molar-refractivity contribution in [2.24, 2.45) is 0 Å². The fraction of sp³-hybridized carbons (Fsp3) is 0.381. The lowest BCUT2D eigenvalue weighted by Gasteiger charge is -2.26. The summed E-state index contributed by atoms with van der Waals surface area (Å²) >= 11 is 0. The Labute approximate surface area is 159 Å². The number of pyridine rings is 1. The highest BCUT2D eigenvalue weighted by Gasteiger charge is 2.30. The van der Waals surface area contributed by atoms with Gasteiger partial charge >= 0.3 is 0 Å². The molecule has 138 valence electrons. The molecular formula is C21H24N6. The molecule has 2 aromatic heterocycles. The number of nitriles is 1. The smallest absolute Gasteiger partial charge is 0.176 e. The van der Waals surface area contributed by atoms with Gasteiger partial charge in [-0.2, -0.15) is 9.78 Å². The molecule has 0 bridgehead atoms. The minimum Gasteiger partial charge on any atom is -0.354 e. The first-order valence-corrected chi connectivity index (χ1v) is 9.28. The summed E-state index contributed by atoms with van der Waals surface area (Å²) in [5.41, 5.74) is 4.39. The van der Waals surface area contributed by atoms with E-state index in [0.29, 0.717) is 23.1 Å². The van der Waals surface area contributed by atoms with Crippen molar-refractivity contribution in [2.45, 2.75) is 26.3 Å². The Balaban J connectivity index is 2.02. The summed E-state index contributed by atoms with van der Waals surface area (Å²) in [5, 5.41) is 14.5. The fourth-order valence-electron chi connectivity index (χ4n) is 4.02. The minimum atomic E-state index is 0.504. The molecule has 0 radical (unpaired) electrons. The van der Waals surface area contributed by atoms with Crippen LogP contribution in [-0.4, -0.2) is 52.7 Å². The van der Waals surface area contributed by atoms with E-state index in [1.54, 1.807) is 0 Å². The van der Waals surface area contributed by atoms with E-state index in [1.165, 1.54) is 0 Å². The first-order chi connectivity index (χ1) is 13.0. The van der Waals surface area contributed by atoms with Crippen molar-refractivity contribution in [3.63, 3.8) is 0 Å². The van der Waals surface area contributed by atoms with E-state index in [9.17, 15) is 5.26 Å². The number of aryl methyl sites for hydroxylation is 1. The number of rotatable bonds is 3. The van der Waals surface area contributed by atoms with E-state index in [1.807, 2.05) is 36.6 Å². The maximum absolute atomic E-state index is 9.82. The quantitative estimate of drug-likeness (QED) is 0.718. The highest BCUT2D eigenvalue weighted by atomic mass is 15.4. The molecule has 1 fully saturated rings. The number of hydrogen-bond acceptors (Lipinski definition) is 5. The van der Waals surface area contributed by atoms with Gasteiger partial charge in [0.15, 0.2) is 5.65 Å². The third-order valence-electron chi connectivity index (χ3n) is 5.48. The Hall–Kier alpha value is -2.91. The number of fused-ring (bicyclic) bond motifs is 1. The highest BCUT2D eigenvalue weighted by Crippen LogP contribution is 2.38. The van der Waals surface area contributed by atoms with E-state index in [4.69, 9.17) is 0 Å². The number of nitrogens with zero attached hydrogens (tertiary/aromatic N) is 6. The molecule has 0 spiro atoms. The topological polar surface area (TPSA) is 60.5 Å². The van der Waals surface area contributed by atoms with Crippen LogP contribution in [0, 0.1) is 25.2 Å². The van der Waals surface area contributed by atoms with E-state index >= 15 is 0 Å². The van der Waals surface area contributed by atoms with Gasteiger partial charge in [0, 0.05) is 24.7 Å². The third-order valence-corrected chi connectivity index (χ3v) is 5.48. The van der Waals surface area contributed by atoms with Crippen LogP contribution in [0.15, 0.2) is 30.3 Å². The predicted molar refractivity (Wildman–Crippen MR) is 107 cm³/mol. The molecule has 27 heavy (non-hydrogen) atoms. The van der Waals surface area contributed by atoms with Crippen LogP contribution in [0.25, 0.3) is 16.8 Å². The maximum Gasteiger partial charge on any atom is 0.176 e. The molecule has 1 saturated heterocycles. The second-order valence-corrected chi connectivity index (χ2v) is 7.42. The van der Waals surface area contributed by atoms with Crippen molar-refractivity contribution in [1.82, 2.24) is 19.5 Å². The van der Waals surface area contributed by atoms with E-state index in [-0.39, 0.29) is 0 Å². The molecule has 3 aromatic rings. The minimum absolute atomic E-state index is 0.504. The first kappa shape index (κ1) is 17.5. The van der Waals surface area contributed by atoms with Crippen molar-refractivity contribution < 1.29 is 0 Å². The molecule has 0 unspecified atom stereocenters. The van der Waals surface area contributed by atoms with Gasteiger partial charge in [0.05, 0.1) is 0 Å². The Bertz CT molecular complexity index is 1030. The van der Waals surface area contributed by atoms with E-state index in [0.717, 1.165) is 42.0 Å². The van der Waals surface area contributed by atoms with Crippen molar-refractivity contribution in [1.29, 1.82) is 5.26 Å². The van der Waals surface area contributed by atoms with Gasteiger partial charge in [-0.3, -0.25) is 0 Å². The number of benzene rings is 1. The van der Waals surface area contributed by atoms with Gasteiger partial charge in [-0.25, -0.2) is 4.98 Å². The molecule has 0 saturated carbocycles. The van der Waals surface area contributed by atoms with Gasteiger partial charge in [-0.15, -0.1) is 5.10 Å². The molecule has 1 aromatic carbocycles. The molecule has 0 aliphatic carbocycles. The zero-order valence-electron chi connectivity index (χ0n) is 16.3. The largest absolute Gasteiger partial charge is 0.354 e.